The molecule has 1 aromatic carbocycles. The maximum atomic E-state index is 11.7. The first-order valence-corrected chi connectivity index (χ1v) is 11.0. The summed E-state index contributed by atoms with van der Waals surface area (Å²) in [5.74, 6) is 1.84. The van der Waals surface area contributed by atoms with E-state index in [1.165, 1.54) is 19.8 Å². The predicted octanol–water partition coefficient (Wildman–Crippen LogP) is 3.73. The molecule has 31 heavy (non-hydrogen) atoms. The smallest absolute Gasteiger partial charge is 0.229 e. The highest BCUT2D eigenvalue weighted by Gasteiger charge is 2.41. The van der Waals surface area contributed by atoms with E-state index in [4.69, 9.17) is 9.72 Å². The van der Waals surface area contributed by atoms with Crippen molar-refractivity contribution in [3.05, 3.63) is 30.0 Å². The number of carbonyl (C=O) groups excluding carboxylic acids is 1. The average Bonchev–Trinajstić information content (AvgIpc) is 3.30. The largest absolute Gasteiger partial charge is 0.495 e. The minimum Gasteiger partial charge on any atom is -0.495 e. The number of ether oxygens (including phenoxy) is 1. The molecular formula is C23H31N5O3. The summed E-state index contributed by atoms with van der Waals surface area (Å²) in [6, 6.07) is 5.63. The fraction of sp³-hybridized carbons (Fsp3) is 0.522. The van der Waals surface area contributed by atoms with Crippen molar-refractivity contribution in [2.75, 3.05) is 29.3 Å². The van der Waals surface area contributed by atoms with Gasteiger partial charge in [0.25, 0.3) is 0 Å². The van der Waals surface area contributed by atoms with Crippen LogP contribution < -0.4 is 19.9 Å². The lowest BCUT2D eigenvalue weighted by Gasteiger charge is -2.48. The molecule has 8 nitrogen and oxygen atoms in total. The molecule has 4 rings (SSSR count). The van der Waals surface area contributed by atoms with Crippen molar-refractivity contribution in [2.45, 2.75) is 64.3 Å². The van der Waals surface area contributed by atoms with Gasteiger partial charge in [-0.25, -0.2) is 4.98 Å². The zero-order chi connectivity index (χ0) is 22.1. The van der Waals surface area contributed by atoms with E-state index < -0.39 is 6.23 Å². The van der Waals surface area contributed by atoms with E-state index in [1.807, 2.05) is 11.9 Å². The van der Waals surface area contributed by atoms with Crippen LogP contribution in [0, 0.1) is 0 Å². The Kier molecular flexibility index (Phi) is 6.00. The van der Waals surface area contributed by atoms with Crippen LogP contribution in [0.5, 0.6) is 5.75 Å². The summed E-state index contributed by atoms with van der Waals surface area (Å²) >= 11 is 0. The number of aliphatic hydroxyl groups is 1. The first-order chi connectivity index (χ1) is 14.9. The third kappa shape index (κ3) is 3.92. The molecule has 8 heteroatoms. The Morgan fingerprint density at radius 1 is 1.32 bits per heavy atom. The Morgan fingerprint density at radius 3 is 2.71 bits per heavy atom. The maximum Gasteiger partial charge on any atom is 0.229 e. The van der Waals surface area contributed by atoms with Gasteiger partial charge in [-0.15, -0.1) is 0 Å². The van der Waals surface area contributed by atoms with Crippen molar-refractivity contribution in [2.24, 2.45) is 0 Å². The zero-order valence-electron chi connectivity index (χ0n) is 18.6. The summed E-state index contributed by atoms with van der Waals surface area (Å²) in [6.07, 6.45) is 6.62. The third-order valence-electron chi connectivity index (χ3n) is 6.46. The van der Waals surface area contributed by atoms with E-state index >= 15 is 0 Å². The van der Waals surface area contributed by atoms with Crippen LogP contribution in [-0.4, -0.2) is 53.3 Å². The van der Waals surface area contributed by atoms with Crippen LogP contribution >= 0.6 is 0 Å². The molecule has 2 aromatic rings. The number of Topliss-reactive ketones (excluding diaryl/α,β-unsaturated/α-hetero) is 1. The Hall–Kier alpha value is -2.87. The Balaban J connectivity index is 1.71. The highest BCUT2D eigenvalue weighted by atomic mass is 16.5. The van der Waals surface area contributed by atoms with Crippen molar-refractivity contribution in [3.8, 4) is 5.75 Å². The first kappa shape index (κ1) is 21.4. The van der Waals surface area contributed by atoms with Gasteiger partial charge in [0.1, 0.15) is 17.7 Å². The van der Waals surface area contributed by atoms with Gasteiger partial charge < -0.3 is 25.0 Å². The number of fused-ring (bicyclic) bond motifs is 1. The number of anilines is 4. The molecule has 1 aliphatic carbocycles. The standard InChI is InChI=1S/C23H31N5O3/c1-5-18-22(30)27(3)19-13-24-23(26-21(19)28(18)16-8-6-7-9-16)25-17-11-10-15(14(2)29)12-20(17)31-4/h10-13,16,18,22,30H,5-9H2,1-4H3,(H,24,25,26)/t18-,22?/m1/s1. The normalized spacial score (nSPS) is 21.2. The fourth-order valence-electron chi connectivity index (χ4n) is 4.73. The monoisotopic (exact) mass is 425 g/mol. The number of nitrogens with zero attached hydrogens (tertiary/aromatic N) is 4. The molecule has 0 saturated heterocycles. The summed E-state index contributed by atoms with van der Waals surface area (Å²) in [5.41, 5.74) is 2.10. The van der Waals surface area contributed by atoms with Crippen molar-refractivity contribution in [1.29, 1.82) is 0 Å². The van der Waals surface area contributed by atoms with Gasteiger partial charge in [0.05, 0.1) is 25.0 Å². The summed E-state index contributed by atoms with van der Waals surface area (Å²) < 4.78 is 5.47. The number of hydrogen-bond donors (Lipinski definition) is 2. The number of aromatic nitrogens is 2. The molecule has 1 aliphatic heterocycles. The molecular weight excluding hydrogens is 394 g/mol. The lowest BCUT2D eigenvalue weighted by atomic mass is 10.0. The van der Waals surface area contributed by atoms with Gasteiger partial charge in [-0.05, 0) is 44.4 Å². The average molecular weight is 426 g/mol. The molecule has 1 unspecified atom stereocenters. The Bertz CT molecular complexity index is 960. The van der Waals surface area contributed by atoms with Crippen LogP contribution in [0.1, 0.15) is 56.3 Å². The third-order valence-corrected chi connectivity index (χ3v) is 6.46. The van der Waals surface area contributed by atoms with Gasteiger partial charge in [0, 0.05) is 18.7 Å². The quantitative estimate of drug-likeness (QED) is 0.677. The number of ketones is 1. The Labute approximate surface area is 183 Å². The molecule has 2 heterocycles. The van der Waals surface area contributed by atoms with Gasteiger partial charge in [0.2, 0.25) is 5.95 Å². The van der Waals surface area contributed by atoms with E-state index in [-0.39, 0.29) is 11.8 Å². The van der Waals surface area contributed by atoms with Crippen molar-refractivity contribution >= 4 is 28.9 Å². The molecule has 0 amide bonds. The van der Waals surface area contributed by atoms with Gasteiger partial charge in [-0.1, -0.05) is 19.8 Å². The number of carbonyl (C=O) groups is 1. The maximum absolute atomic E-state index is 11.7. The van der Waals surface area contributed by atoms with Crippen LogP contribution in [0.15, 0.2) is 24.4 Å². The zero-order valence-corrected chi connectivity index (χ0v) is 18.6. The number of rotatable bonds is 6. The van der Waals surface area contributed by atoms with Crippen molar-refractivity contribution in [3.63, 3.8) is 0 Å². The van der Waals surface area contributed by atoms with Crippen LogP contribution in [0.25, 0.3) is 0 Å². The second kappa shape index (κ2) is 8.70. The summed E-state index contributed by atoms with van der Waals surface area (Å²) in [5, 5.41) is 14.2. The number of nitrogens with one attached hydrogen (secondary N) is 1. The summed E-state index contributed by atoms with van der Waals surface area (Å²) in [6.45, 7) is 3.64. The predicted molar refractivity (Wildman–Crippen MR) is 122 cm³/mol. The molecule has 166 valence electrons. The van der Waals surface area contributed by atoms with Crippen LogP contribution in [0.2, 0.25) is 0 Å². The number of benzene rings is 1. The van der Waals surface area contributed by atoms with E-state index in [0.717, 1.165) is 30.8 Å². The topological polar surface area (TPSA) is 90.8 Å². The molecule has 2 N–H and O–H groups in total. The van der Waals surface area contributed by atoms with Crippen LogP contribution in [-0.2, 0) is 0 Å². The van der Waals surface area contributed by atoms with Gasteiger partial charge >= 0.3 is 0 Å². The lowest BCUT2D eigenvalue weighted by molar-refractivity contribution is 0.101. The molecule has 0 spiro atoms. The molecule has 2 atom stereocenters. The van der Waals surface area contributed by atoms with E-state index in [9.17, 15) is 9.90 Å². The first-order valence-electron chi connectivity index (χ1n) is 11.0. The van der Waals surface area contributed by atoms with Gasteiger partial charge in [-0.3, -0.25) is 4.79 Å². The number of aliphatic hydroxyl groups excluding tert-OH is 1. The van der Waals surface area contributed by atoms with Gasteiger partial charge in [0.15, 0.2) is 11.6 Å². The van der Waals surface area contributed by atoms with Crippen LogP contribution in [0.4, 0.5) is 23.1 Å². The molecule has 0 bridgehead atoms. The van der Waals surface area contributed by atoms with Crippen LogP contribution in [0.3, 0.4) is 0 Å². The van der Waals surface area contributed by atoms with Crippen molar-refractivity contribution < 1.29 is 14.6 Å². The van der Waals surface area contributed by atoms with E-state index in [0.29, 0.717) is 29.0 Å². The van der Waals surface area contributed by atoms with E-state index in [2.05, 4.69) is 22.1 Å². The SMILES string of the molecule is CC[C@@H]1C(O)N(C)c2cnc(Nc3ccc(C(C)=O)cc3OC)nc2N1C1CCCC1. The molecule has 2 aliphatic rings. The second-order valence-corrected chi connectivity index (χ2v) is 8.34. The molecule has 1 saturated carbocycles. The van der Waals surface area contributed by atoms with Crippen molar-refractivity contribution in [1.82, 2.24) is 9.97 Å². The lowest BCUT2D eigenvalue weighted by Crippen LogP contribution is -2.58. The fourth-order valence-corrected chi connectivity index (χ4v) is 4.73. The highest BCUT2D eigenvalue weighted by Crippen LogP contribution is 2.41. The Morgan fingerprint density at radius 2 is 2.06 bits per heavy atom. The second-order valence-electron chi connectivity index (χ2n) is 8.34. The molecule has 1 fully saturated rings. The number of likely N-dealkylation sites (N-methyl/N-ethyl adjacent to an activating group) is 1. The summed E-state index contributed by atoms with van der Waals surface area (Å²) in [4.78, 5) is 25.2. The van der Waals surface area contributed by atoms with Gasteiger partial charge in [-0.2, -0.15) is 4.98 Å². The van der Waals surface area contributed by atoms with E-state index in [1.54, 1.807) is 31.5 Å². The summed E-state index contributed by atoms with van der Waals surface area (Å²) in [7, 11) is 3.46. The number of hydrogen-bond acceptors (Lipinski definition) is 8. The number of methoxy groups -OCH3 is 1. The minimum absolute atomic E-state index is 0.0192. The minimum atomic E-state index is -0.597. The molecule has 0 radical (unpaired) electrons. The molecule has 1 aromatic heterocycles. The highest BCUT2D eigenvalue weighted by molar-refractivity contribution is 5.95.